The van der Waals surface area contributed by atoms with Crippen molar-refractivity contribution in [2.75, 3.05) is 40.5 Å². The van der Waals surface area contributed by atoms with E-state index in [4.69, 9.17) is 21.7 Å². The van der Waals surface area contributed by atoms with Gasteiger partial charge in [0.15, 0.2) is 11.6 Å². The number of nitrogens with zero attached hydrogens (tertiary/aromatic N) is 4. The first-order valence-corrected chi connectivity index (χ1v) is 9.47. The maximum absolute atomic E-state index is 12.2. The van der Waals surface area contributed by atoms with Crippen molar-refractivity contribution < 1.29 is 24.6 Å². The average molecular weight is 446 g/mol. The first kappa shape index (κ1) is 22.3. The molecule has 0 bridgehead atoms. The Morgan fingerprint density at radius 3 is 2.62 bits per heavy atom. The van der Waals surface area contributed by atoms with Crippen LogP contribution in [0, 0.1) is 0 Å². The molecule has 3 heterocycles. The molecular formula is C17H22N10O5. The smallest absolute Gasteiger partial charge is 0.326 e. The fourth-order valence-corrected chi connectivity index (χ4v) is 2.89. The number of rotatable bonds is 9. The summed E-state index contributed by atoms with van der Waals surface area (Å²) < 4.78 is 0. The van der Waals surface area contributed by atoms with Crippen molar-refractivity contribution >= 4 is 46.9 Å². The predicted octanol–water partition coefficient (Wildman–Crippen LogP) is -1.20. The minimum atomic E-state index is -1.35. The van der Waals surface area contributed by atoms with Gasteiger partial charge < -0.3 is 42.9 Å². The Labute approximate surface area is 181 Å². The maximum Gasteiger partial charge on any atom is 0.326 e. The van der Waals surface area contributed by atoms with Gasteiger partial charge in [-0.2, -0.15) is 9.97 Å². The number of fused-ring (bicyclic) bond motifs is 1. The van der Waals surface area contributed by atoms with E-state index in [0.717, 1.165) is 0 Å². The number of carboxylic acid groups (broad SMARTS) is 2. The van der Waals surface area contributed by atoms with Crippen molar-refractivity contribution in [2.24, 2.45) is 0 Å². The number of carboxylic acids is 2. The number of nitrogens with one attached hydrogen (secondary N) is 4. The Hall–Kier alpha value is -4.43. The largest absolute Gasteiger partial charge is 0.481 e. The molecule has 0 saturated heterocycles. The van der Waals surface area contributed by atoms with E-state index >= 15 is 0 Å². The summed E-state index contributed by atoms with van der Waals surface area (Å²) in [6, 6.07) is -1.44. The van der Waals surface area contributed by atoms with Crippen LogP contribution >= 0.6 is 0 Å². The van der Waals surface area contributed by atoms with E-state index in [0.29, 0.717) is 30.4 Å². The van der Waals surface area contributed by atoms with Gasteiger partial charge in [-0.05, 0) is 6.42 Å². The molecule has 2 aromatic rings. The highest BCUT2D eigenvalue weighted by Gasteiger charge is 2.23. The SMILES string of the molecule is Nc1nc(N)c2c(n1)NCC(CNc1cnc(C(=O)NC(CCC(=O)O)C(=O)O)cn1)N2. The second kappa shape index (κ2) is 9.59. The van der Waals surface area contributed by atoms with Crippen LogP contribution in [-0.2, 0) is 9.59 Å². The molecule has 15 heteroatoms. The first-order chi connectivity index (χ1) is 15.2. The highest BCUT2D eigenvalue weighted by atomic mass is 16.4. The lowest BCUT2D eigenvalue weighted by Crippen LogP contribution is -2.41. The second-order valence-electron chi connectivity index (χ2n) is 6.88. The molecule has 170 valence electrons. The summed E-state index contributed by atoms with van der Waals surface area (Å²) in [5.74, 6) is -2.07. The standard InChI is InChI=1S/C17H22N10O5/c18-13-12-14(27-17(19)26-13)23-4-7(24-12)3-21-10-6-20-9(5-22-10)15(30)25-8(16(31)32)1-2-11(28)29/h5-8,24H,1-4H2,(H,21,22)(H,25,30)(H,28,29)(H,31,32)(H5,18,19,23,26,27). The number of carbonyl (C=O) groups excluding carboxylic acids is 1. The number of nitrogens with two attached hydrogens (primary N) is 2. The van der Waals surface area contributed by atoms with Gasteiger partial charge in [-0.3, -0.25) is 9.59 Å². The summed E-state index contributed by atoms with van der Waals surface area (Å²) in [7, 11) is 0. The summed E-state index contributed by atoms with van der Waals surface area (Å²) in [5.41, 5.74) is 11.9. The molecule has 0 spiro atoms. The molecule has 32 heavy (non-hydrogen) atoms. The van der Waals surface area contributed by atoms with Gasteiger partial charge in [0.1, 0.15) is 23.2 Å². The lowest BCUT2D eigenvalue weighted by atomic mass is 10.1. The van der Waals surface area contributed by atoms with Gasteiger partial charge in [0.05, 0.1) is 18.4 Å². The van der Waals surface area contributed by atoms with Crippen LogP contribution in [0.5, 0.6) is 0 Å². The molecule has 1 aliphatic rings. The third-order valence-corrected chi connectivity index (χ3v) is 4.48. The fourth-order valence-electron chi connectivity index (χ4n) is 2.89. The van der Waals surface area contributed by atoms with Crippen LogP contribution in [-0.4, -0.2) is 73.2 Å². The number of hydrogen-bond acceptors (Lipinski definition) is 12. The molecule has 15 nitrogen and oxygen atoms in total. The topological polar surface area (TPSA) is 243 Å². The molecule has 2 unspecified atom stereocenters. The monoisotopic (exact) mass is 446 g/mol. The predicted molar refractivity (Wildman–Crippen MR) is 113 cm³/mol. The van der Waals surface area contributed by atoms with Gasteiger partial charge in [0.25, 0.3) is 5.91 Å². The number of carbonyl (C=O) groups is 3. The molecule has 0 aromatic carbocycles. The van der Waals surface area contributed by atoms with Crippen molar-refractivity contribution in [3.63, 3.8) is 0 Å². The van der Waals surface area contributed by atoms with Crippen molar-refractivity contribution in [1.29, 1.82) is 0 Å². The van der Waals surface area contributed by atoms with Crippen molar-refractivity contribution in [3.05, 3.63) is 18.1 Å². The normalized spacial score (nSPS) is 15.4. The molecule has 0 aliphatic carbocycles. The number of aliphatic carboxylic acids is 2. The quantitative estimate of drug-likeness (QED) is 0.225. The molecule has 0 saturated carbocycles. The minimum Gasteiger partial charge on any atom is -0.481 e. The van der Waals surface area contributed by atoms with Gasteiger partial charge in [-0.15, -0.1) is 0 Å². The molecule has 10 N–H and O–H groups in total. The number of anilines is 5. The van der Waals surface area contributed by atoms with E-state index < -0.39 is 30.3 Å². The lowest BCUT2D eigenvalue weighted by Gasteiger charge is -2.28. The van der Waals surface area contributed by atoms with E-state index in [1.54, 1.807) is 0 Å². The van der Waals surface area contributed by atoms with Gasteiger partial charge in [-0.25, -0.2) is 14.8 Å². The Bertz CT molecular complexity index is 1020. The van der Waals surface area contributed by atoms with Gasteiger partial charge >= 0.3 is 11.9 Å². The van der Waals surface area contributed by atoms with E-state index in [-0.39, 0.29) is 29.9 Å². The van der Waals surface area contributed by atoms with E-state index in [2.05, 4.69) is 41.2 Å². The molecule has 1 aliphatic heterocycles. The number of hydrogen-bond donors (Lipinski definition) is 8. The average Bonchev–Trinajstić information content (AvgIpc) is 2.75. The van der Waals surface area contributed by atoms with Crippen LogP contribution in [0.4, 0.5) is 29.1 Å². The molecule has 2 atom stereocenters. The zero-order valence-corrected chi connectivity index (χ0v) is 16.7. The van der Waals surface area contributed by atoms with Crippen LogP contribution in [0.15, 0.2) is 12.4 Å². The maximum atomic E-state index is 12.2. The van der Waals surface area contributed by atoms with Crippen LogP contribution in [0.2, 0.25) is 0 Å². The molecule has 0 fully saturated rings. The Kier molecular flexibility index (Phi) is 6.67. The summed E-state index contributed by atoms with van der Waals surface area (Å²) in [5, 5.41) is 29.4. The van der Waals surface area contributed by atoms with Crippen LogP contribution < -0.4 is 32.7 Å². The lowest BCUT2D eigenvalue weighted by molar-refractivity contribution is -0.140. The molecular weight excluding hydrogens is 424 g/mol. The summed E-state index contributed by atoms with van der Waals surface area (Å²) in [6.45, 7) is 0.948. The molecule has 0 radical (unpaired) electrons. The molecule has 3 rings (SSSR count). The summed E-state index contributed by atoms with van der Waals surface area (Å²) in [6.07, 6.45) is 1.86. The molecule has 2 aromatic heterocycles. The Morgan fingerprint density at radius 2 is 1.97 bits per heavy atom. The highest BCUT2D eigenvalue weighted by molar-refractivity contribution is 5.94. The third kappa shape index (κ3) is 5.59. The van der Waals surface area contributed by atoms with E-state index in [1.165, 1.54) is 12.4 Å². The zero-order valence-electron chi connectivity index (χ0n) is 16.7. The number of nitrogen functional groups attached to an aromatic ring is 2. The zero-order chi connectivity index (χ0) is 23.3. The first-order valence-electron chi connectivity index (χ1n) is 9.47. The van der Waals surface area contributed by atoms with Crippen molar-refractivity contribution in [2.45, 2.75) is 24.9 Å². The van der Waals surface area contributed by atoms with Crippen LogP contribution in [0.25, 0.3) is 0 Å². The van der Waals surface area contributed by atoms with Gasteiger partial charge in [-0.1, -0.05) is 0 Å². The van der Waals surface area contributed by atoms with Crippen LogP contribution in [0.3, 0.4) is 0 Å². The summed E-state index contributed by atoms with van der Waals surface area (Å²) >= 11 is 0. The van der Waals surface area contributed by atoms with Gasteiger partial charge in [0.2, 0.25) is 5.95 Å². The second-order valence-corrected chi connectivity index (χ2v) is 6.88. The van der Waals surface area contributed by atoms with E-state index in [9.17, 15) is 14.4 Å². The third-order valence-electron chi connectivity index (χ3n) is 4.48. The fraction of sp³-hybridized carbons (Fsp3) is 0.353. The number of amides is 1. The van der Waals surface area contributed by atoms with Crippen molar-refractivity contribution in [3.8, 4) is 0 Å². The summed E-state index contributed by atoms with van der Waals surface area (Å²) in [4.78, 5) is 50.1. The minimum absolute atomic E-state index is 0.0723. The Balaban J connectivity index is 1.54. The Morgan fingerprint density at radius 1 is 1.19 bits per heavy atom. The highest BCUT2D eigenvalue weighted by Crippen LogP contribution is 2.29. The van der Waals surface area contributed by atoms with Crippen molar-refractivity contribution in [1.82, 2.24) is 25.3 Å². The van der Waals surface area contributed by atoms with Gasteiger partial charge in [0, 0.05) is 19.5 Å². The molecule has 1 amide bonds. The van der Waals surface area contributed by atoms with E-state index in [1.807, 2.05) is 0 Å². The number of aromatic nitrogens is 4. The van der Waals surface area contributed by atoms with Crippen LogP contribution in [0.1, 0.15) is 23.3 Å².